The van der Waals surface area contributed by atoms with Gasteiger partial charge >= 0.3 is 11.7 Å². The zero-order valence-corrected chi connectivity index (χ0v) is 20.3. The van der Waals surface area contributed by atoms with Crippen LogP contribution in [0.2, 0.25) is 5.02 Å². The molecule has 1 aliphatic rings. The Kier molecular flexibility index (Phi) is 7.26. The highest BCUT2D eigenvalue weighted by molar-refractivity contribution is 6.31. The predicted molar refractivity (Wildman–Crippen MR) is 131 cm³/mol. The van der Waals surface area contributed by atoms with Gasteiger partial charge in [-0.25, -0.2) is 9.59 Å². The van der Waals surface area contributed by atoms with Crippen LogP contribution in [0.15, 0.2) is 33.9 Å². The fourth-order valence-corrected chi connectivity index (χ4v) is 4.67. The number of methoxy groups -OCH3 is 1. The number of ether oxygens (including phenoxy) is 1. The number of benzene rings is 1. The molecule has 178 valence electrons. The third-order valence-electron chi connectivity index (χ3n) is 6.06. The van der Waals surface area contributed by atoms with E-state index in [9.17, 15) is 14.4 Å². The SMILES string of the molecule is COC(=O)c1c(N2CCC[C@@H](N)C2)n(Cc2ccccc2Cl)c2c(=O)n(C)c(=O)n(C)c12.Cl. The Morgan fingerprint density at radius 2 is 1.88 bits per heavy atom. The van der Waals surface area contributed by atoms with E-state index in [1.54, 1.807) is 17.7 Å². The Balaban J connectivity index is 0.00000306. The number of nitrogens with two attached hydrogens (primary N) is 1. The summed E-state index contributed by atoms with van der Waals surface area (Å²) in [6.45, 7) is 1.41. The fourth-order valence-electron chi connectivity index (χ4n) is 4.47. The lowest BCUT2D eigenvalue weighted by atomic mass is 10.1. The Morgan fingerprint density at radius 3 is 2.52 bits per heavy atom. The highest BCUT2D eigenvalue weighted by atomic mass is 35.5. The van der Waals surface area contributed by atoms with Crippen molar-refractivity contribution in [2.45, 2.75) is 25.4 Å². The van der Waals surface area contributed by atoms with Crippen molar-refractivity contribution in [2.75, 3.05) is 25.1 Å². The van der Waals surface area contributed by atoms with Gasteiger partial charge in [0.15, 0.2) is 0 Å². The zero-order valence-electron chi connectivity index (χ0n) is 18.7. The van der Waals surface area contributed by atoms with Gasteiger partial charge in [0.1, 0.15) is 16.9 Å². The van der Waals surface area contributed by atoms with E-state index in [0.29, 0.717) is 23.9 Å². The number of hydrogen-bond acceptors (Lipinski definition) is 6. The number of piperidine rings is 1. The summed E-state index contributed by atoms with van der Waals surface area (Å²) in [6, 6.07) is 7.25. The van der Waals surface area contributed by atoms with Gasteiger partial charge in [-0.2, -0.15) is 0 Å². The molecule has 0 aliphatic carbocycles. The van der Waals surface area contributed by atoms with Crippen molar-refractivity contribution in [3.05, 3.63) is 61.3 Å². The van der Waals surface area contributed by atoms with Crippen LogP contribution in [0.4, 0.5) is 5.82 Å². The normalized spacial score (nSPS) is 16.0. The number of rotatable bonds is 4. The van der Waals surface area contributed by atoms with Crippen LogP contribution in [-0.4, -0.2) is 45.9 Å². The second kappa shape index (κ2) is 9.62. The molecule has 2 N–H and O–H groups in total. The highest BCUT2D eigenvalue weighted by Gasteiger charge is 2.33. The molecule has 0 unspecified atom stereocenters. The van der Waals surface area contributed by atoms with Crippen LogP contribution >= 0.6 is 24.0 Å². The van der Waals surface area contributed by atoms with Crippen LogP contribution < -0.4 is 21.9 Å². The van der Waals surface area contributed by atoms with Crippen molar-refractivity contribution in [1.29, 1.82) is 0 Å². The molecule has 0 bridgehead atoms. The first kappa shape index (κ1) is 24.9. The first-order valence-corrected chi connectivity index (χ1v) is 10.8. The van der Waals surface area contributed by atoms with Crippen molar-refractivity contribution in [2.24, 2.45) is 19.8 Å². The minimum Gasteiger partial charge on any atom is -0.465 e. The topological polar surface area (TPSA) is 104 Å². The standard InChI is InChI=1S/C22H26ClN5O4.ClH/c1-25-17-16(21(30)32-3)19(27-10-6-8-14(24)12-27)28(11-13-7-4-5-9-15(13)23)18(17)20(29)26(2)22(25)31;/h4-5,7,9,14H,6,8,10-12,24H2,1-3H3;1H/t14-;/m1./s1. The first-order valence-electron chi connectivity index (χ1n) is 10.4. The second-order valence-electron chi connectivity index (χ2n) is 8.12. The molecule has 2 aromatic heterocycles. The van der Waals surface area contributed by atoms with Gasteiger partial charge in [0.05, 0.1) is 19.2 Å². The number of esters is 1. The summed E-state index contributed by atoms with van der Waals surface area (Å²) < 4.78 is 9.22. The molecule has 4 rings (SSSR count). The summed E-state index contributed by atoms with van der Waals surface area (Å²) in [4.78, 5) is 41.1. The third kappa shape index (κ3) is 4.16. The number of anilines is 1. The number of hydrogen-bond donors (Lipinski definition) is 1. The number of nitrogens with zero attached hydrogens (tertiary/aromatic N) is 4. The lowest BCUT2D eigenvalue weighted by Crippen LogP contribution is -2.44. The van der Waals surface area contributed by atoms with Crippen LogP contribution in [0.3, 0.4) is 0 Å². The van der Waals surface area contributed by atoms with E-state index < -0.39 is 17.2 Å². The molecule has 1 fully saturated rings. The molecule has 11 heteroatoms. The first-order chi connectivity index (χ1) is 15.3. The number of aryl methyl sites for hydroxylation is 1. The van der Waals surface area contributed by atoms with E-state index in [0.717, 1.165) is 23.0 Å². The molecule has 1 aromatic carbocycles. The van der Waals surface area contributed by atoms with E-state index in [1.165, 1.54) is 18.7 Å². The van der Waals surface area contributed by atoms with Crippen molar-refractivity contribution in [3.63, 3.8) is 0 Å². The van der Waals surface area contributed by atoms with Crippen LogP contribution in [-0.2, 0) is 25.4 Å². The van der Waals surface area contributed by atoms with E-state index in [-0.39, 0.29) is 41.6 Å². The third-order valence-corrected chi connectivity index (χ3v) is 6.43. The summed E-state index contributed by atoms with van der Waals surface area (Å²) >= 11 is 6.43. The van der Waals surface area contributed by atoms with Gasteiger partial charge < -0.3 is 19.9 Å². The van der Waals surface area contributed by atoms with Crippen LogP contribution in [0.1, 0.15) is 28.8 Å². The fraction of sp³-hybridized carbons (Fsp3) is 0.409. The lowest BCUT2D eigenvalue weighted by molar-refractivity contribution is 0.0603. The molecule has 1 aliphatic heterocycles. The minimum atomic E-state index is -0.620. The molecule has 1 saturated heterocycles. The van der Waals surface area contributed by atoms with Crippen LogP contribution in [0.5, 0.6) is 0 Å². The van der Waals surface area contributed by atoms with Gasteiger partial charge in [-0.3, -0.25) is 13.9 Å². The van der Waals surface area contributed by atoms with Crippen molar-refractivity contribution < 1.29 is 9.53 Å². The quantitative estimate of drug-likeness (QED) is 0.554. The Hall–Kier alpha value is -2.75. The molecule has 0 radical (unpaired) electrons. The largest absolute Gasteiger partial charge is 0.465 e. The van der Waals surface area contributed by atoms with Crippen LogP contribution in [0, 0.1) is 0 Å². The summed E-state index contributed by atoms with van der Waals surface area (Å²) in [5.74, 6) is -0.106. The Labute approximate surface area is 201 Å². The second-order valence-corrected chi connectivity index (χ2v) is 8.53. The highest BCUT2D eigenvalue weighted by Crippen LogP contribution is 2.34. The summed E-state index contributed by atoms with van der Waals surface area (Å²) in [5, 5.41) is 0.539. The van der Waals surface area contributed by atoms with E-state index in [1.807, 2.05) is 23.1 Å². The van der Waals surface area contributed by atoms with Crippen molar-refractivity contribution in [1.82, 2.24) is 13.7 Å². The summed E-state index contributed by atoms with van der Waals surface area (Å²) in [5.41, 5.74) is 6.67. The summed E-state index contributed by atoms with van der Waals surface area (Å²) in [6.07, 6.45) is 1.71. The van der Waals surface area contributed by atoms with Gasteiger partial charge in [0.2, 0.25) is 0 Å². The molecule has 3 heterocycles. The monoisotopic (exact) mass is 495 g/mol. The number of fused-ring (bicyclic) bond motifs is 1. The molecule has 33 heavy (non-hydrogen) atoms. The number of aromatic nitrogens is 3. The van der Waals surface area contributed by atoms with Crippen molar-refractivity contribution in [3.8, 4) is 0 Å². The molecule has 3 aromatic rings. The minimum absolute atomic E-state index is 0. The molecule has 1 atom stereocenters. The molecule has 0 amide bonds. The van der Waals surface area contributed by atoms with Gasteiger partial charge in [0, 0.05) is 38.2 Å². The maximum Gasteiger partial charge on any atom is 0.343 e. The molecular weight excluding hydrogens is 469 g/mol. The molecular formula is C22H27Cl2N5O4. The Morgan fingerprint density at radius 1 is 1.18 bits per heavy atom. The Bertz CT molecular complexity index is 1330. The van der Waals surface area contributed by atoms with Gasteiger partial charge in [-0.05, 0) is 24.5 Å². The maximum atomic E-state index is 13.3. The van der Waals surface area contributed by atoms with Gasteiger partial charge in [-0.1, -0.05) is 29.8 Å². The average molecular weight is 496 g/mol. The molecule has 0 spiro atoms. The van der Waals surface area contributed by atoms with Crippen LogP contribution in [0.25, 0.3) is 11.0 Å². The zero-order chi connectivity index (χ0) is 23.2. The maximum absolute atomic E-state index is 13.3. The van der Waals surface area contributed by atoms with Crippen molar-refractivity contribution >= 4 is 46.8 Å². The lowest BCUT2D eigenvalue weighted by Gasteiger charge is -2.33. The van der Waals surface area contributed by atoms with E-state index >= 15 is 0 Å². The number of halogens is 2. The van der Waals surface area contributed by atoms with Gasteiger partial charge in [-0.15, -0.1) is 12.4 Å². The smallest absolute Gasteiger partial charge is 0.343 e. The number of carbonyl (C=O) groups excluding carboxylic acids is 1. The number of carbonyl (C=O) groups is 1. The summed E-state index contributed by atoms with van der Waals surface area (Å²) in [7, 11) is 4.25. The molecule has 9 nitrogen and oxygen atoms in total. The average Bonchev–Trinajstić information content (AvgIpc) is 3.12. The molecule has 0 saturated carbocycles. The van der Waals surface area contributed by atoms with E-state index in [4.69, 9.17) is 22.1 Å². The van der Waals surface area contributed by atoms with Gasteiger partial charge in [0.25, 0.3) is 5.56 Å². The predicted octanol–water partition coefficient (Wildman–Crippen LogP) is 1.88. The van der Waals surface area contributed by atoms with E-state index in [2.05, 4.69) is 0 Å².